The lowest BCUT2D eigenvalue weighted by Gasteiger charge is -2.14. The van der Waals surface area contributed by atoms with E-state index in [2.05, 4.69) is 15.5 Å². The molecule has 0 radical (unpaired) electrons. The zero-order valence-electron chi connectivity index (χ0n) is 12.1. The van der Waals surface area contributed by atoms with Crippen LogP contribution in [0.5, 0.6) is 0 Å². The molecule has 0 saturated carbocycles. The third kappa shape index (κ3) is 2.89. The molecule has 0 bridgehead atoms. The van der Waals surface area contributed by atoms with Gasteiger partial charge in [0.2, 0.25) is 0 Å². The summed E-state index contributed by atoms with van der Waals surface area (Å²) in [5.41, 5.74) is 4.83. The number of para-hydroxylation sites is 1. The van der Waals surface area contributed by atoms with E-state index >= 15 is 0 Å². The first kappa shape index (κ1) is 13.8. The highest BCUT2D eigenvalue weighted by Gasteiger charge is 2.18. The zero-order valence-corrected chi connectivity index (χ0v) is 12.9. The second kappa shape index (κ2) is 6.14. The molecule has 1 aromatic heterocycles. The highest BCUT2D eigenvalue weighted by Crippen LogP contribution is 2.22. The maximum atomic E-state index is 5.84. The number of amidine groups is 1. The number of ether oxygens (including phenoxy) is 1. The van der Waals surface area contributed by atoms with Gasteiger partial charge < -0.3 is 9.15 Å². The van der Waals surface area contributed by atoms with E-state index in [1.54, 1.807) is 11.8 Å². The van der Waals surface area contributed by atoms with Crippen LogP contribution in [0.1, 0.15) is 18.6 Å². The fourth-order valence-corrected chi connectivity index (χ4v) is 3.38. The molecule has 6 heteroatoms. The molecule has 2 aliphatic heterocycles. The highest BCUT2D eigenvalue weighted by atomic mass is 32.2. The van der Waals surface area contributed by atoms with Gasteiger partial charge in [0, 0.05) is 17.7 Å². The first-order chi connectivity index (χ1) is 10.9. The van der Waals surface area contributed by atoms with Crippen molar-refractivity contribution >= 4 is 33.6 Å². The van der Waals surface area contributed by atoms with Crippen LogP contribution in [0.15, 0.2) is 44.8 Å². The summed E-state index contributed by atoms with van der Waals surface area (Å²) in [6.45, 7) is 1.58. The van der Waals surface area contributed by atoms with Gasteiger partial charge in [-0.3, -0.25) is 10.4 Å². The van der Waals surface area contributed by atoms with E-state index in [-0.39, 0.29) is 6.10 Å². The lowest BCUT2D eigenvalue weighted by atomic mass is 10.2. The zero-order chi connectivity index (χ0) is 14.8. The van der Waals surface area contributed by atoms with Crippen LogP contribution in [-0.4, -0.2) is 35.9 Å². The summed E-state index contributed by atoms with van der Waals surface area (Å²) in [6, 6.07) is 10.0. The molecular formula is C16H17N3O2S. The molecule has 0 spiro atoms. The number of nitrogens with zero attached hydrogens (tertiary/aromatic N) is 2. The number of hydrazone groups is 1. The Labute approximate surface area is 132 Å². The minimum absolute atomic E-state index is 0.274. The molecule has 1 atom stereocenters. The topological polar surface area (TPSA) is 59.1 Å². The average molecular weight is 315 g/mol. The molecule has 0 amide bonds. The minimum atomic E-state index is 0.274. The molecule has 1 fully saturated rings. The van der Waals surface area contributed by atoms with Gasteiger partial charge in [0.05, 0.1) is 12.6 Å². The summed E-state index contributed by atoms with van der Waals surface area (Å²) < 4.78 is 11.4. The molecular weight excluding hydrogens is 298 g/mol. The number of hydrogen-bond acceptors (Lipinski definition) is 5. The molecule has 2 aromatic rings. The third-order valence-corrected chi connectivity index (χ3v) is 4.72. The van der Waals surface area contributed by atoms with Gasteiger partial charge in [-0.1, -0.05) is 30.0 Å². The Morgan fingerprint density at radius 3 is 3.09 bits per heavy atom. The van der Waals surface area contributed by atoms with E-state index in [9.17, 15) is 0 Å². The molecule has 1 N–H and O–H groups in total. The number of aliphatic imine (C=N–C) groups is 1. The van der Waals surface area contributed by atoms with Crippen molar-refractivity contribution < 1.29 is 9.15 Å². The van der Waals surface area contributed by atoms with Gasteiger partial charge >= 0.3 is 0 Å². The molecule has 4 rings (SSSR count). The molecule has 1 unspecified atom stereocenters. The monoisotopic (exact) mass is 315 g/mol. The van der Waals surface area contributed by atoms with Crippen molar-refractivity contribution in [2.45, 2.75) is 18.9 Å². The molecule has 1 saturated heterocycles. The van der Waals surface area contributed by atoms with Crippen molar-refractivity contribution in [1.29, 1.82) is 0 Å². The Balaban J connectivity index is 1.45. The quantitative estimate of drug-likeness (QED) is 0.946. The predicted octanol–water partition coefficient (Wildman–Crippen LogP) is 3.01. The smallest absolute Gasteiger partial charge is 0.177 e. The Bertz CT molecular complexity index is 699. The second-order valence-electron chi connectivity index (χ2n) is 5.39. The van der Waals surface area contributed by atoms with Crippen molar-refractivity contribution in [3.05, 3.63) is 36.1 Å². The van der Waals surface area contributed by atoms with Gasteiger partial charge in [0.15, 0.2) is 10.9 Å². The van der Waals surface area contributed by atoms with Crippen molar-refractivity contribution in [2.75, 3.05) is 18.9 Å². The van der Waals surface area contributed by atoms with Crippen LogP contribution in [0.2, 0.25) is 0 Å². The first-order valence-electron chi connectivity index (χ1n) is 7.49. The molecule has 2 aliphatic rings. The van der Waals surface area contributed by atoms with E-state index in [1.807, 2.05) is 30.3 Å². The van der Waals surface area contributed by atoms with Crippen LogP contribution in [-0.2, 0) is 4.74 Å². The van der Waals surface area contributed by atoms with Gasteiger partial charge in [-0.25, -0.2) is 0 Å². The number of hydrogen-bond donors (Lipinski definition) is 1. The Kier molecular flexibility index (Phi) is 3.86. The number of nitrogens with one attached hydrogen (secondary N) is 1. The SMILES string of the molecule is c1ccc2oc(C3=NNC(=NCC4CCCO4)SC3)cc2c1. The third-order valence-electron chi connectivity index (χ3n) is 3.80. The minimum Gasteiger partial charge on any atom is -0.455 e. The fraction of sp³-hybridized carbons (Fsp3) is 0.375. The molecule has 22 heavy (non-hydrogen) atoms. The van der Waals surface area contributed by atoms with Crippen LogP contribution in [0, 0.1) is 0 Å². The van der Waals surface area contributed by atoms with Crippen LogP contribution < -0.4 is 5.43 Å². The van der Waals surface area contributed by atoms with Crippen molar-refractivity contribution in [2.24, 2.45) is 10.1 Å². The highest BCUT2D eigenvalue weighted by molar-refractivity contribution is 8.14. The number of furan rings is 1. The number of fused-ring (bicyclic) bond motifs is 1. The summed E-state index contributed by atoms with van der Waals surface area (Å²) in [7, 11) is 0. The molecule has 5 nitrogen and oxygen atoms in total. The van der Waals surface area contributed by atoms with Crippen molar-refractivity contribution in [3.8, 4) is 0 Å². The van der Waals surface area contributed by atoms with Gasteiger partial charge in [0.25, 0.3) is 0 Å². The summed E-state index contributed by atoms with van der Waals surface area (Å²) in [6.07, 6.45) is 2.52. The van der Waals surface area contributed by atoms with Crippen molar-refractivity contribution in [1.82, 2.24) is 5.43 Å². The van der Waals surface area contributed by atoms with Gasteiger partial charge in [0.1, 0.15) is 11.3 Å². The molecule has 0 aliphatic carbocycles. The van der Waals surface area contributed by atoms with E-state index in [0.717, 1.165) is 52.8 Å². The van der Waals surface area contributed by atoms with E-state index in [4.69, 9.17) is 9.15 Å². The molecule has 1 aromatic carbocycles. The predicted molar refractivity (Wildman–Crippen MR) is 89.6 cm³/mol. The lowest BCUT2D eigenvalue weighted by molar-refractivity contribution is 0.118. The Hall–Kier alpha value is -1.79. The molecule has 114 valence electrons. The maximum absolute atomic E-state index is 5.84. The first-order valence-corrected chi connectivity index (χ1v) is 8.47. The molecule has 3 heterocycles. The number of thioether (sulfide) groups is 1. The van der Waals surface area contributed by atoms with Gasteiger partial charge in [-0.2, -0.15) is 5.10 Å². The second-order valence-corrected chi connectivity index (χ2v) is 6.35. The van der Waals surface area contributed by atoms with Gasteiger partial charge in [-0.05, 0) is 25.0 Å². The van der Waals surface area contributed by atoms with Crippen LogP contribution in [0.4, 0.5) is 0 Å². The number of rotatable bonds is 3. The van der Waals surface area contributed by atoms with Crippen LogP contribution >= 0.6 is 11.8 Å². The summed E-state index contributed by atoms with van der Waals surface area (Å²) in [4.78, 5) is 4.54. The number of benzene rings is 1. The van der Waals surface area contributed by atoms with Crippen LogP contribution in [0.3, 0.4) is 0 Å². The standard InChI is InChI=1S/C16H17N3O2S/c1-2-6-14-11(4-1)8-15(21-14)13-10-22-16(19-18-13)17-9-12-5-3-7-20-12/h1-2,4,6,8,12H,3,5,7,9-10H2,(H,17,19). The van der Waals surface area contributed by atoms with E-state index in [1.165, 1.54) is 0 Å². The normalized spacial score (nSPS) is 23.7. The van der Waals surface area contributed by atoms with E-state index < -0.39 is 0 Å². The maximum Gasteiger partial charge on any atom is 0.177 e. The summed E-state index contributed by atoms with van der Waals surface area (Å²) in [5.74, 6) is 1.58. The van der Waals surface area contributed by atoms with E-state index in [0.29, 0.717) is 6.54 Å². The van der Waals surface area contributed by atoms with Crippen molar-refractivity contribution in [3.63, 3.8) is 0 Å². The Morgan fingerprint density at radius 2 is 2.32 bits per heavy atom. The summed E-state index contributed by atoms with van der Waals surface area (Å²) >= 11 is 1.65. The van der Waals surface area contributed by atoms with Crippen LogP contribution in [0.25, 0.3) is 11.0 Å². The average Bonchev–Trinajstić information content (AvgIpc) is 3.22. The van der Waals surface area contributed by atoms with Gasteiger partial charge in [-0.15, -0.1) is 0 Å². The largest absolute Gasteiger partial charge is 0.455 e. The lowest BCUT2D eigenvalue weighted by Crippen LogP contribution is -2.26. The Morgan fingerprint density at radius 1 is 1.36 bits per heavy atom. The summed E-state index contributed by atoms with van der Waals surface area (Å²) in [5, 5.41) is 6.36. The fourth-order valence-electron chi connectivity index (χ4n) is 2.62.